The quantitative estimate of drug-likeness (QED) is 0.646. The minimum Gasteiger partial charge on any atom is -0.479 e. The lowest BCUT2D eigenvalue weighted by Gasteiger charge is -2.14. The van der Waals surface area contributed by atoms with E-state index in [0.717, 1.165) is 32.5 Å². The molecule has 0 fully saturated rings. The summed E-state index contributed by atoms with van der Waals surface area (Å²) < 4.78 is 7.29. The summed E-state index contributed by atoms with van der Waals surface area (Å²) in [5, 5.41) is 3.47. The van der Waals surface area contributed by atoms with Gasteiger partial charge in [-0.1, -0.05) is 18.1 Å². The summed E-state index contributed by atoms with van der Waals surface area (Å²) in [4.78, 5) is 0. The van der Waals surface area contributed by atoms with E-state index in [-0.39, 0.29) is 6.61 Å². The van der Waals surface area contributed by atoms with Gasteiger partial charge in [-0.25, -0.2) is 0 Å². The predicted octanol–water partition coefficient (Wildman–Crippen LogP) is 5.45. The maximum Gasteiger partial charge on any atom is 0.149 e. The highest BCUT2D eigenvalue weighted by Crippen LogP contribution is 2.35. The van der Waals surface area contributed by atoms with Gasteiger partial charge in [-0.05, 0) is 80.6 Å². The lowest BCUT2D eigenvalue weighted by molar-refractivity contribution is 0.365. The van der Waals surface area contributed by atoms with Crippen LogP contribution in [0.15, 0.2) is 39.3 Å². The highest BCUT2D eigenvalue weighted by molar-refractivity contribution is 9.11. The number of hydrogen-bond acceptors (Lipinski definition) is 2. The second-order valence-corrected chi connectivity index (χ2v) is 6.69. The molecule has 22 heavy (non-hydrogen) atoms. The Kier molecular flexibility index (Phi) is 5.93. The zero-order valence-electron chi connectivity index (χ0n) is 12.5. The number of ether oxygens (including phenoxy) is 1. The Hall–Kier alpha value is -1.44. The summed E-state index contributed by atoms with van der Waals surface area (Å²) >= 11 is 7.06. The lowest BCUT2D eigenvalue weighted by Crippen LogP contribution is -2.03. The van der Waals surface area contributed by atoms with Gasteiger partial charge in [-0.15, -0.1) is 6.42 Å². The molecule has 0 aliphatic carbocycles. The topological polar surface area (TPSA) is 21.3 Å². The SMILES string of the molecule is C#CCOc1c(Br)cc(CNc2cccc(C)c2C)cc1Br. The minimum atomic E-state index is 0.247. The van der Waals surface area contributed by atoms with Crippen molar-refractivity contribution in [3.05, 3.63) is 56.0 Å². The number of terminal acetylenes is 1. The molecule has 0 saturated heterocycles. The monoisotopic (exact) mass is 421 g/mol. The van der Waals surface area contributed by atoms with Crippen molar-refractivity contribution in [1.82, 2.24) is 0 Å². The molecule has 114 valence electrons. The molecule has 0 spiro atoms. The number of benzene rings is 2. The third-order valence-corrected chi connectivity index (χ3v) is 4.62. The number of halogens is 2. The third-order valence-electron chi connectivity index (χ3n) is 3.45. The Morgan fingerprint density at radius 3 is 2.50 bits per heavy atom. The second kappa shape index (κ2) is 7.71. The fourth-order valence-corrected chi connectivity index (χ4v) is 3.62. The van der Waals surface area contributed by atoms with Gasteiger partial charge in [0.05, 0.1) is 8.95 Å². The standard InChI is InChI=1S/C18H17Br2NO/c1-4-8-22-18-15(19)9-14(10-16(18)20)11-21-17-7-5-6-12(2)13(17)3/h1,5-7,9-10,21H,8,11H2,2-3H3. The Bertz CT molecular complexity index is 697. The van der Waals surface area contributed by atoms with Crippen LogP contribution in [0.2, 0.25) is 0 Å². The first-order valence-electron chi connectivity index (χ1n) is 6.87. The van der Waals surface area contributed by atoms with E-state index in [9.17, 15) is 0 Å². The summed E-state index contributed by atoms with van der Waals surface area (Å²) in [6, 6.07) is 10.3. The predicted molar refractivity (Wildman–Crippen MR) is 99.4 cm³/mol. The Balaban J connectivity index is 2.14. The zero-order chi connectivity index (χ0) is 16.1. The van der Waals surface area contributed by atoms with Crippen LogP contribution in [0.25, 0.3) is 0 Å². The van der Waals surface area contributed by atoms with Crippen LogP contribution in [0.5, 0.6) is 5.75 Å². The summed E-state index contributed by atoms with van der Waals surface area (Å²) in [6.45, 7) is 5.22. The van der Waals surface area contributed by atoms with Crippen molar-refractivity contribution < 1.29 is 4.74 Å². The van der Waals surface area contributed by atoms with Crippen molar-refractivity contribution in [3.63, 3.8) is 0 Å². The number of aryl methyl sites for hydroxylation is 1. The molecule has 1 N–H and O–H groups in total. The number of anilines is 1. The van der Waals surface area contributed by atoms with Gasteiger partial charge in [-0.3, -0.25) is 0 Å². The van der Waals surface area contributed by atoms with Gasteiger partial charge in [0.1, 0.15) is 12.4 Å². The van der Waals surface area contributed by atoms with E-state index in [1.807, 2.05) is 12.1 Å². The van der Waals surface area contributed by atoms with Crippen LogP contribution in [0, 0.1) is 26.2 Å². The summed E-state index contributed by atoms with van der Waals surface area (Å²) in [5.74, 6) is 3.20. The van der Waals surface area contributed by atoms with E-state index in [1.165, 1.54) is 11.1 Å². The summed E-state index contributed by atoms with van der Waals surface area (Å²) in [6.07, 6.45) is 5.23. The van der Waals surface area contributed by atoms with Gasteiger partial charge in [0.2, 0.25) is 0 Å². The van der Waals surface area contributed by atoms with Crippen LogP contribution in [0.1, 0.15) is 16.7 Å². The van der Waals surface area contributed by atoms with Gasteiger partial charge in [-0.2, -0.15) is 0 Å². The van der Waals surface area contributed by atoms with E-state index in [2.05, 4.69) is 75.1 Å². The number of hydrogen-bond donors (Lipinski definition) is 1. The van der Waals surface area contributed by atoms with E-state index < -0.39 is 0 Å². The molecule has 0 unspecified atom stereocenters. The molecule has 0 bridgehead atoms. The van der Waals surface area contributed by atoms with Crippen molar-refractivity contribution in [1.29, 1.82) is 0 Å². The number of rotatable bonds is 5. The highest BCUT2D eigenvalue weighted by atomic mass is 79.9. The van der Waals surface area contributed by atoms with E-state index in [0.29, 0.717) is 0 Å². The average molecular weight is 423 g/mol. The maximum atomic E-state index is 5.52. The zero-order valence-corrected chi connectivity index (χ0v) is 15.7. The van der Waals surface area contributed by atoms with Gasteiger partial charge in [0.15, 0.2) is 0 Å². The molecule has 0 heterocycles. The largest absolute Gasteiger partial charge is 0.479 e. The molecular weight excluding hydrogens is 406 g/mol. The molecule has 2 nitrogen and oxygen atoms in total. The molecule has 0 amide bonds. The molecule has 0 saturated carbocycles. The van der Waals surface area contributed by atoms with E-state index in [1.54, 1.807) is 0 Å². The van der Waals surface area contributed by atoms with E-state index in [4.69, 9.17) is 11.2 Å². The van der Waals surface area contributed by atoms with Crippen LogP contribution in [-0.4, -0.2) is 6.61 Å². The molecule has 0 radical (unpaired) electrons. The fourth-order valence-electron chi connectivity index (χ4n) is 2.11. The minimum absolute atomic E-state index is 0.247. The third kappa shape index (κ3) is 4.06. The van der Waals surface area contributed by atoms with Crippen molar-refractivity contribution in [2.24, 2.45) is 0 Å². The van der Waals surface area contributed by atoms with Crippen molar-refractivity contribution in [2.45, 2.75) is 20.4 Å². The Labute approximate surface area is 148 Å². The van der Waals surface area contributed by atoms with E-state index >= 15 is 0 Å². The maximum absolute atomic E-state index is 5.52. The Morgan fingerprint density at radius 2 is 1.86 bits per heavy atom. The highest BCUT2D eigenvalue weighted by Gasteiger charge is 2.09. The van der Waals surface area contributed by atoms with Gasteiger partial charge < -0.3 is 10.1 Å². The van der Waals surface area contributed by atoms with Crippen LogP contribution in [-0.2, 0) is 6.54 Å². The van der Waals surface area contributed by atoms with Crippen molar-refractivity contribution in [2.75, 3.05) is 11.9 Å². The molecule has 0 aliphatic heterocycles. The molecule has 0 aromatic heterocycles. The first kappa shape index (κ1) is 16.9. The van der Waals surface area contributed by atoms with Crippen LogP contribution < -0.4 is 10.1 Å². The smallest absolute Gasteiger partial charge is 0.149 e. The van der Waals surface area contributed by atoms with Gasteiger partial charge in [0, 0.05) is 12.2 Å². The van der Waals surface area contributed by atoms with Crippen molar-refractivity contribution >= 4 is 37.5 Å². The normalized spacial score (nSPS) is 10.1. The van der Waals surface area contributed by atoms with Gasteiger partial charge >= 0.3 is 0 Å². The first-order valence-corrected chi connectivity index (χ1v) is 8.45. The first-order chi connectivity index (χ1) is 10.5. The molecule has 0 atom stereocenters. The summed E-state index contributed by atoms with van der Waals surface area (Å²) in [7, 11) is 0. The van der Waals surface area contributed by atoms with Gasteiger partial charge in [0.25, 0.3) is 0 Å². The summed E-state index contributed by atoms with van der Waals surface area (Å²) in [5.41, 5.74) is 4.85. The molecule has 2 rings (SSSR count). The Morgan fingerprint density at radius 1 is 1.18 bits per heavy atom. The van der Waals surface area contributed by atoms with Crippen molar-refractivity contribution in [3.8, 4) is 18.1 Å². The molecule has 2 aromatic carbocycles. The lowest BCUT2D eigenvalue weighted by atomic mass is 10.1. The average Bonchev–Trinajstić information content (AvgIpc) is 2.48. The number of nitrogens with one attached hydrogen (secondary N) is 1. The molecule has 0 aliphatic rings. The fraction of sp³-hybridized carbons (Fsp3) is 0.222. The second-order valence-electron chi connectivity index (χ2n) is 4.98. The molecule has 2 aromatic rings. The van der Waals surface area contributed by atoms with Crippen LogP contribution in [0.3, 0.4) is 0 Å². The molecular formula is C18H17Br2NO. The molecule has 4 heteroatoms. The van der Waals surface area contributed by atoms with Crippen LogP contribution in [0.4, 0.5) is 5.69 Å². The van der Waals surface area contributed by atoms with Crippen LogP contribution >= 0.6 is 31.9 Å².